The molecule has 9 heteroatoms. The Labute approximate surface area is 173 Å². The fourth-order valence-corrected chi connectivity index (χ4v) is 3.45. The minimum absolute atomic E-state index is 0.0371. The van der Waals surface area contributed by atoms with E-state index in [-0.39, 0.29) is 29.3 Å². The van der Waals surface area contributed by atoms with E-state index >= 15 is 0 Å². The van der Waals surface area contributed by atoms with E-state index in [2.05, 4.69) is 4.99 Å². The van der Waals surface area contributed by atoms with Crippen molar-refractivity contribution in [2.24, 2.45) is 10.9 Å². The van der Waals surface area contributed by atoms with E-state index in [0.717, 1.165) is 0 Å². The Balaban J connectivity index is 2.70. The molecule has 2 rings (SSSR count). The first kappa shape index (κ1) is 22.5. The number of halogens is 1. The van der Waals surface area contributed by atoms with Gasteiger partial charge in [0.25, 0.3) is 5.69 Å². The largest absolute Gasteiger partial charge is 0.462 e. The molecule has 2 unspecified atom stereocenters. The first-order valence-corrected chi connectivity index (χ1v) is 9.65. The summed E-state index contributed by atoms with van der Waals surface area (Å²) in [5, 5.41) is 11.6. The van der Waals surface area contributed by atoms with Gasteiger partial charge in [0.1, 0.15) is 12.5 Å². The fraction of sp³-hybridized carbons (Fsp3) is 0.450. The predicted molar refractivity (Wildman–Crippen MR) is 108 cm³/mol. The van der Waals surface area contributed by atoms with Crippen LogP contribution in [0.25, 0.3) is 0 Å². The van der Waals surface area contributed by atoms with Crippen molar-refractivity contribution in [1.29, 1.82) is 0 Å². The van der Waals surface area contributed by atoms with Crippen LogP contribution >= 0.6 is 11.6 Å². The molecular weight excluding hydrogens is 400 g/mol. The van der Waals surface area contributed by atoms with Crippen molar-refractivity contribution in [3.05, 3.63) is 51.2 Å². The summed E-state index contributed by atoms with van der Waals surface area (Å²) in [5.41, 5.74) is 0.837. The van der Waals surface area contributed by atoms with E-state index in [1.54, 1.807) is 33.8 Å². The molecule has 0 fully saturated rings. The van der Waals surface area contributed by atoms with Crippen molar-refractivity contribution in [3.8, 4) is 0 Å². The Morgan fingerprint density at radius 2 is 1.93 bits per heavy atom. The van der Waals surface area contributed by atoms with Crippen LogP contribution in [0.4, 0.5) is 5.69 Å². The lowest BCUT2D eigenvalue weighted by atomic mass is 9.75. The summed E-state index contributed by atoms with van der Waals surface area (Å²) in [4.78, 5) is 41.1. The van der Waals surface area contributed by atoms with Crippen LogP contribution in [0.5, 0.6) is 0 Å². The van der Waals surface area contributed by atoms with Gasteiger partial charge in [0, 0.05) is 29.0 Å². The summed E-state index contributed by atoms with van der Waals surface area (Å²) in [6, 6.07) is 6.00. The third-order valence-corrected chi connectivity index (χ3v) is 4.59. The standard InChI is InChI=1S/C20H23ClN2O6/c1-11(2)29-20(25)17-13(4)22-12(3)16(19(24)28-10-9-21)18(17)14-7-5-6-8-15(14)23(26)27/h5-8,11,17-18H,9-10H2,1-4H3. The van der Waals surface area contributed by atoms with Crippen LogP contribution in [0.1, 0.15) is 39.2 Å². The summed E-state index contributed by atoms with van der Waals surface area (Å²) >= 11 is 5.62. The number of ether oxygens (including phenoxy) is 2. The minimum Gasteiger partial charge on any atom is -0.462 e. The molecule has 0 saturated heterocycles. The van der Waals surface area contributed by atoms with Crippen LogP contribution < -0.4 is 0 Å². The Kier molecular flexibility index (Phi) is 7.50. The molecule has 156 valence electrons. The van der Waals surface area contributed by atoms with Crippen LogP contribution in [0.15, 0.2) is 40.5 Å². The number of hydrogen-bond acceptors (Lipinski definition) is 7. The number of alkyl halides is 1. The second kappa shape index (κ2) is 9.65. The number of aliphatic imine (C=N–C) groups is 1. The molecule has 1 heterocycles. The SMILES string of the molecule is CC1=NC(C)=C(C(=O)OCCCl)C(c2ccccc2[N+](=O)[O-])C1C(=O)OC(C)C. The van der Waals surface area contributed by atoms with Crippen LogP contribution in [0.3, 0.4) is 0 Å². The highest BCUT2D eigenvalue weighted by molar-refractivity contribution is 6.18. The molecule has 29 heavy (non-hydrogen) atoms. The molecule has 1 aromatic carbocycles. The van der Waals surface area contributed by atoms with Gasteiger partial charge in [-0.2, -0.15) is 0 Å². The van der Waals surface area contributed by atoms with Gasteiger partial charge in [0.15, 0.2) is 0 Å². The van der Waals surface area contributed by atoms with Crippen molar-refractivity contribution in [1.82, 2.24) is 0 Å². The zero-order valence-corrected chi connectivity index (χ0v) is 17.4. The van der Waals surface area contributed by atoms with E-state index in [1.807, 2.05) is 0 Å². The van der Waals surface area contributed by atoms with Gasteiger partial charge in [0.2, 0.25) is 0 Å². The van der Waals surface area contributed by atoms with E-state index < -0.39 is 34.8 Å². The molecule has 0 aliphatic carbocycles. The number of hydrogen-bond donors (Lipinski definition) is 0. The molecule has 0 amide bonds. The Morgan fingerprint density at radius 1 is 1.28 bits per heavy atom. The summed E-state index contributed by atoms with van der Waals surface area (Å²) < 4.78 is 10.5. The number of benzene rings is 1. The van der Waals surface area contributed by atoms with Crippen LogP contribution in [0.2, 0.25) is 0 Å². The van der Waals surface area contributed by atoms with Crippen molar-refractivity contribution in [3.63, 3.8) is 0 Å². The van der Waals surface area contributed by atoms with E-state index in [0.29, 0.717) is 11.4 Å². The topological polar surface area (TPSA) is 108 Å². The first-order valence-electron chi connectivity index (χ1n) is 9.11. The Bertz CT molecular complexity index is 877. The molecule has 1 aliphatic heterocycles. The maximum Gasteiger partial charge on any atom is 0.336 e. The number of para-hydroxylation sites is 1. The third kappa shape index (κ3) is 5.00. The zero-order valence-electron chi connectivity index (χ0n) is 16.7. The van der Waals surface area contributed by atoms with Gasteiger partial charge in [-0.15, -0.1) is 11.6 Å². The average molecular weight is 423 g/mol. The summed E-state index contributed by atoms with van der Waals surface area (Å²) in [6.45, 7) is 6.60. The molecular formula is C20H23ClN2O6. The number of carbonyl (C=O) groups is 2. The monoisotopic (exact) mass is 422 g/mol. The molecule has 0 aromatic heterocycles. The van der Waals surface area contributed by atoms with Crippen LogP contribution in [-0.4, -0.2) is 41.2 Å². The highest BCUT2D eigenvalue weighted by Crippen LogP contribution is 2.43. The van der Waals surface area contributed by atoms with E-state index in [4.69, 9.17) is 21.1 Å². The Morgan fingerprint density at radius 3 is 2.52 bits per heavy atom. The minimum atomic E-state index is -0.999. The normalized spacial score (nSPS) is 19.0. The molecule has 0 spiro atoms. The second-order valence-electron chi connectivity index (χ2n) is 6.83. The summed E-state index contributed by atoms with van der Waals surface area (Å²) in [5.74, 6) is -3.21. The zero-order chi connectivity index (χ0) is 21.7. The van der Waals surface area contributed by atoms with Crippen LogP contribution in [-0.2, 0) is 19.1 Å². The number of carbonyl (C=O) groups excluding carboxylic acids is 2. The molecule has 0 radical (unpaired) electrons. The lowest BCUT2D eigenvalue weighted by molar-refractivity contribution is -0.385. The number of nitrogens with zero attached hydrogens (tertiary/aromatic N) is 2. The number of allylic oxidation sites excluding steroid dienone is 1. The van der Waals surface area contributed by atoms with Gasteiger partial charge in [-0.3, -0.25) is 19.9 Å². The Hall–Kier alpha value is -2.74. The molecule has 0 N–H and O–H groups in total. The highest BCUT2D eigenvalue weighted by atomic mass is 35.5. The highest BCUT2D eigenvalue weighted by Gasteiger charge is 2.45. The smallest absolute Gasteiger partial charge is 0.336 e. The van der Waals surface area contributed by atoms with Gasteiger partial charge in [-0.25, -0.2) is 4.79 Å². The lowest BCUT2D eigenvalue weighted by Gasteiger charge is -2.31. The van der Waals surface area contributed by atoms with E-state index in [1.165, 1.54) is 18.2 Å². The predicted octanol–water partition coefficient (Wildman–Crippen LogP) is 3.78. The van der Waals surface area contributed by atoms with Gasteiger partial charge in [-0.1, -0.05) is 18.2 Å². The maximum atomic E-state index is 12.9. The molecule has 0 saturated carbocycles. The number of nitro groups is 1. The molecule has 0 bridgehead atoms. The quantitative estimate of drug-likeness (QED) is 0.286. The summed E-state index contributed by atoms with van der Waals surface area (Å²) in [6.07, 6.45) is -0.402. The molecule has 2 atom stereocenters. The third-order valence-electron chi connectivity index (χ3n) is 4.43. The number of nitro benzene ring substituents is 1. The van der Waals surface area contributed by atoms with E-state index in [9.17, 15) is 19.7 Å². The average Bonchev–Trinajstić information content (AvgIpc) is 2.64. The summed E-state index contributed by atoms with van der Waals surface area (Å²) in [7, 11) is 0. The number of rotatable bonds is 7. The van der Waals surface area contributed by atoms with Crippen LogP contribution in [0, 0.1) is 16.0 Å². The van der Waals surface area contributed by atoms with Crippen molar-refractivity contribution < 1.29 is 24.0 Å². The maximum absolute atomic E-state index is 12.9. The van der Waals surface area contributed by atoms with Gasteiger partial charge < -0.3 is 9.47 Å². The fourth-order valence-electron chi connectivity index (χ4n) is 3.38. The van der Waals surface area contributed by atoms with Gasteiger partial charge in [0.05, 0.1) is 22.5 Å². The number of esters is 2. The first-order chi connectivity index (χ1) is 13.7. The van der Waals surface area contributed by atoms with Gasteiger partial charge in [-0.05, 0) is 27.7 Å². The van der Waals surface area contributed by atoms with Crippen molar-refractivity contribution in [2.75, 3.05) is 12.5 Å². The van der Waals surface area contributed by atoms with Crippen molar-refractivity contribution in [2.45, 2.75) is 39.7 Å². The molecule has 8 nitrogen and oxygen atoms in total. The molecule has 1 aromatic rings. The van der Waals surface area contributed by atoms with Gasteiger partial charge >= 0.3 is 11.9 Å². The van der Waals surface area contributed by atoms with Crippen molar-refractivity contribution >= 4 is 34.9 Å². The second-order valence-corrected chi connectivity index (χ2v) is 7.21. The lowest BCUT2D eigenvalue weighted by Crippen LogP contribution is -2.37. The molecule has 1 aliphatic rings.